The van der Waals surface area contributed by atoms with E-state index < -0.39 is 0 Å². The fourth-order valence-corrected chi connectivity index (χ4v) is 2.85. The van der Waals surface area contributed by atoms with Gasteiger partial charge in [0, 0.05) is 23.9 Å². The molecular formula is C17H18N2O2. The van der Waals surface area contributed by atoms with Crippen LogP contribution < -0.4 is 5.32 Å². The van der Waals surface area contributed by atoms with Crippen LogP contribution in [-0.2, 0) is 0 Å². The molecule has 0 unspecified atom stereocenters. The number of nitrogens with one attached hydrogen (secondary N) is 1. The van der Waals surface area contributed by atoms with Gasteiger partial charge in [0.05, 0.1) is 4.92 Å². The summed E-state index contributed by atoms with van der Waals surface area (Å²) in [4.78, 5) is 10.2. The summed E-state index contributed by atoms with van der Waals surface area (Å²) >= 11 is 0. The van der Waals surface area contributed by atoms with E-state index in [0.29, 0.717) is 12.0 Å². The number of benzene rings is 2. The SMILES string of the molecule is Cc1cccc(C2CC(Nc3ccc([N+](=O)[O-])cc3)C2)c1. The maximum Gasteiger partial charge on any atom is 0.269 e. The van der Waals surface area contributed by atoms with E-state index >= 15 is 0 Å². The summed E-state index contributed by atoms with van der Waals surface area (Å²) < 4.78 is 0. The zero-order chi connectivity index (χ0) is 14.8. The molecule has 0 atom stereocenters. The highest BCUT2D eigenvalue weighted by molar-refractivity contribution is 5.49. The molecule has 0 amide bonds. The molecule has 0 aliphatic heterocycles. The van der Waals surface area contributed by atoms with Crippen molar-refractivity contribution in [1.29, 1.82) is 0 Å². The predicted molar refractivity (Wildman–Crippen MR) is 83.7 cm³/mol. The summed E-state index contributed by atoms with van der Waals surface area (Å²) in [6.07, 6.45) is 2.22. The monoisotopic (exact) mass is 282 g/mol. The van der Waals surface area contributed by atoms with Gasteiger partial charge in [-0.25, -0.2) is 0 Å². The Bertz CT molecular complexity index is 646. The fourth-order valence-electron chi connectivity index (χ4n) is 2.85. The van der Waals surface area contributed by atoms with Gasteiger partial charge in [0.25, 0.3) is 5.69 Å². The molecule has 4 nitrogen and oxygen atoms in total. The Kier molecular flexibility index (Phi) is 3.60. The molecule has 1 N–H and O–H groups in total. The highest BCUT2D eigenvalue weighted by atomic mass is 16.6. The van der Waals surface area contributed by atoms with Gasteiger partial charge < -0.3 is 5.32 Å². The Morgan fingerprint density at radius 3 is 2.48 bits per heavy atom. The van der Waals surface area contributed by atoms with Crippen molar-refractivity contribution in [3.63, 3.8) is 0 Å². The van der Waals surface area contributed by atoms with Crippen molar-refractivity contribution in [2.24, 2.45) is 0 Å². The number of hydrogen-bond donors (Lipinski definition) is 1. The molecule has 4 heteroatoms. The van der Waals surface area contributed by atoms with Crippen LogP contribution in [0.2, 0.25) is 0 Å². The average Bonchev–Trinajstić information content (AvgIpc) is 2.43. The number of nitro groups is 1. The van der Waals surface area contributed by atoms with Gasteiger partial charge in [-0.05, 0) is 43.4 Å². The van der Waals surface area contributed by atoms with Crippen LogP contribution in [0.25, 0.3) is 0 Å². The number of nitro benzene ring substituents is 1. The van der Waals surface area contributed by atoms with E-state index in [2.05, 4.69) is 36.5 Å². The maximum absolute atomic E-state index is 10.6. The van der Waals surface area contributed by atoms with Crippen molar-refractivity contribution in [3.05, 3.63) is 69.8 Å². The average molecular weight is 282 g/mol. The lowest BCUT2D eigenvalue weighted by atomic mass is 9.75. The molecule has 1 saturated carbocycles. The quantitative estimate of drug-likeness (QED) is 0.673. The van der Waals surface area contributed by atoms with E-state index in [1.54, 1.807) is 24.3 Å². The van der Waals surface area contributed by atoms with Crippen LogP contribution in [0.3, 0.4) is 0 Å². The minimum atomic E-state index is -0.374. The van der Waals surface area contributed by atoms with Crippen LogP contribution in [0.4, 0.5) is 11.4 Å². The van der Waals surface area contributed by atoms with Gasteiger partial charge in [-0.15, -0.1) is 0 Å². The fraction of sp³-hybridized carbons (Fsp3) is 0.294. The molecule has 0 radical (unpaired) electrons. The minimum Gasteiger partial charge on any atom is -0.382 e. The number of nitrogens with zero attached hydrogens (tertiary/aromatic N) is 1. The van der Waals surface area contributed by atoms with Gasteiger partial charge in [-0.1, -0.05) is 29.8 Å². The second-order valence-electron chi connectivity index (χ2n) is 5.73. The summed E-state index contributed by atoms with van der Waals surface area (Å²) in [7, 11) is 0. The Labute approximate surface area is 124 Å². The van der Waals surface area contributed by atoms with E-state index in [1.165, 1.54) is 11.1 Å². The molecular weight excluding hydrogens is 264 g/mol. The Morgan fingerprint density at radius 2 is 1.86 bits per heavy atom. The minimum absolute atomic E-state index is 0.131. The Balaban J connectivity index is 1.56. The Hall–Kier alpha value is -2.36. The van der Waals surface area contributed by atoms with Gasteiger partial charge in [0.15, 0.2) is 0 Å². The first-order chi connectivity index (χ1) is 10.1. The van der Waals surface area contributed by atoms with Crippen molar-refractivity contribution in [1.82, 2.24) is 0 Å². The van der Waals surface area contributed by atoms with E-state index in [1.807, 2.05) is 0 Å². The lowest BCUT2D eigenvalue weighted by Gasteiger charge is -2.37. The van der Waals surface area contributed by atoms with Crippen LogP contribution in [-0.4, -0.2) is 11.0 Å². The molecule has 2 aromatic carbocycles. The van der Waals surface area contributed by atoms with Crippen LogP contribution in [0.5, 0.6) is 0 Å². The van der Waals surface area contributed by atoms with E-state index in [9.17, 15) is 10.1 Å². The number of anilines is 1. The van der Waals surface area contributed by atoms with Gasteiger partial charge in [-0.3, -0.25) is 10.1 Å². The smallest absolute Gasteiger partial charge is 0.269 e. The number of aryl methyl sites for hydroxylation is 1. The summed E-state index contributed by atoms with van der Waals surface area (Å²) in [5.41, 5.74) is 3.80. The molecule has 1 aliphatic carbocycles. The van der Waals surface area contributed by atoms with Crippen LogP contribution in [0, 0.1) is 17.0 Å². The number of rotatable bonds is 4. The molecule has 0 spiro atoms. The highest BCUT2D eigenvalue weighted by Gasteiger charge is 2.30. The van der Waals surface area contributed by atoms with Gasteiger partial charge >= 0.3 is 0 Å². The molecule has 0 saturated heterocycles. The second kappa shape index (κ2) is 5.56. The topological polar surface area (TPSA) is 55.2 Å². The van der Waals surface area contributed by atoms with E-state index in [-0.39, 0.29) is 10.6 Å². The largest absolute Gasteiger partial charge is 0.382 e. The normalized spacial score (nSPS) is 20.6. The first-order valence-corrected chi connectivity index (χ1v) is 7.19. The molecule has 1 fully saturated rings. The third kappa shape index (κ3) is 3.05. The van der Waals surface area contributed by atoms with Gasteiger partial charge in [0.2, 0.25) is 0 Å². The summed E-state index contributed by atoms with van der Waals surface area (Å²) in [5.74, 6) is 0.625. The lowest BCUT2D eigenvalue weighted by Crippen LogP contribution is -2.33. The molecule has 3 rings (SSSR count). The third-order valence-electron chi connectivity index (χ3n) is 4.10. The third-order valence-corrected chi connectivity index (χ3v) is 4.10. The van der Waals surface area contributed by atoms with Gasteiger partial charge in [0.1, 0.15) is 0 Å². The highest BCUT2D eigenvalue weighted by Crippen LogP contribution is 2.38. The summed E-state index contributed by atoms with van der Waals surface area (Å²) in [5, 5.41) is 14.1. The van der Waals surface area contributed by atoms with Crippen LogP contribution in [0.1, 0.15) is 29.9 Å². The van der Waals surface area contributed by atoms with E-state index in [4.69, 9.17) is 0 Å². The molecule has 0 aromatic heterocycles. The zero-order valence-electron chi connectivity index (χ0n) is 12.0. The molecule has 1 aliphatic rings. The lowest BCUT2D eigenvalue weighted by molar-refractivity contribution is -0.384. The van der Waals surface area contributed by atoms with Crippen molar-refractivity contribution in [2.45, 2.75) is 31.7 Å². The van der Waals surface area contributed by atoms with Crippen molar-refractivity contribution >= 4 is 11.4 Å². The molecule has 21 heavy (non-hydrogen) atoms. The number of non-ortho nitro benzene ring substituents is 1. The second-order valence-corrected chi connectivity index (χ2v) is 5.73. The predicted octanol–water partition coefficient (Wildman–Crippen LogP) is 4.26. The summed E-state index contributed by atoms with van der Waals surface area (Å²) in [6.45, 7) is 2.12. The maximum atomic E-state index is 10.6. The molecule has 108 valence electrons. The first-order valence-electron chi connectivity index (χ1n) is 7.19. The zero-order valence-corrected chi connectivity index (χ0v) is 12.0. The summed E-state index contributed by atoms with van der Waals surface area (Å²) in [6, 6.07) is 15.8. The van der Waals surface area contributed by atoms with E-state index in [0.717, 1.165) is 18.5 Å². The van der Waals surface area contributed by atoms with Crippen molar-refractivity contribution < 1.29 is 4.92 Å². The van der Waals surface area contributed by atoms with Crippen LogP contribution in [0.15, 0.2) is 48.5 Å². The first kappa shape index (κ1) is 13.6. The standard InChI is InChI=1S/C17H18N2O2/c1-12-3-2-4-13(9-12)14-10-16(11-14)18-15-5-7-17(8-6-15)19(20)21/h2-9,14,16,18H,10-11H2,1H3. The Morgan fingerprint density at radius 1 is 1.14 bits per heavy atom. The molecule has 2 aromatic rings. The molecule has 0 heterocycles. The molecule has 0 bridgehead atoms. The number of hydrogen-bond acceptors (Lipinski definition) is 3. The van der Waals surface area contributed by atoms with Crippen molar-refractivity contribution in [2.75, 3.05) is 5.32 Å². The van der Waals surface area contributed by atoms with Crippen molar-refractivity contribution in [3.8, 4) is 0 Å². The van der Waals surface area contributed by atoms with Gasteiger partial charge in [-0.2, -0.15) is 0 Å². The van der Waals surface area contributed by atoms with Crippen LogP contribution >= 0.6 is 0 Å².